The number of rotatable bonds is 6. The molecule has 1 aliphatic carbocycles. The Morgan fingerprint density at radius 3 is 2.50 bits per heavy atom. The van der Waals surface area contributed by atoms with Gasteiger partial charge in [0.2, 0.25) is 0 Å². The predicted molar refractivity (Wildman–Crippen MR) is 84.0 cm³/mol. The van der Waals surface area contributed by atoms with Gasteiger partial charge in [0.15, 0.2) is 0 Å². The van der Waals surface area contributed by atoms with Crippen molar-refractivity contribution in [2.45, 2.75) is 64.1 Å². The van der Waals surface area contributed by atoms with E-state index in [9.17, 15) is 5.11 Å². The van der Waals surface area contributed by atoms with Crippen LogP contribution in [-0.4, -0.2) is 71.9 Å². The highest BCUT2D eigenvalue weighted by atomic mass is 16.3. The Hall–Kier alpha value is -0.160. The number of aliphatic hydroxyl groups is 1. The molecule has 0 amide bonds. The Balaban J connectivity index is 1.83. The van der Waals surface area contributed by atoms with Crippen LogP contribution in [0.4, 0.5) is 0 Å². The molecule has 2 aliphatic rings. The molecular weight excluding hydrogens is 250 g/mol. The first kappa shape index (κ1) is 16.2. The van der Waals surface area contributed by atoms with Crippen LogP contribution >= 0.6 is 0 Å². The van der Waals surface area contributed by atoms with Gasteiger partial charge in [0.1, 0.15) is 0 Å². The van der Waals surface area contributed by atoms with Crippen LogP contribution in [0, 0.1) is 0 Å². The van der Waals surface area contributed by atoms with Crippen molar-refractivity contribution in [1.29, 1.82) is 0 Å². The Bertz CT molecular complexity index is 291. The second-order valence-corrected chi connectivity index (χ2v) is 6.69. The molecule has 0 aromatic heterocycles. The molecule has 1 aliphatic heterocycles. The molecule has 0 aromatic rings. The van der Waals surface area contributed by atoms with Crippen LogP contribution in [0.2, 0.25) is 0 Å². The summed E-state index contributed by atoms with van der Waals surface area (Å²) in [4.78, 5) is 5.28. The normalized spacial score (nSPS) is 34.5. The quantitative estimate of drug-likeness (QED) is 0.771. The predicted octanol–water partition coefficient (Wildman–Crippen LogP) is 1.30. The van der Waals surface area contributed by atoms with Gasteiger partial charge in [-0.05, 0) is 39.2 Å². The summed E-state index contributed by atoms with van der Waals surface area (Å²) in [6, 6.07) is 1.39. The molecule has 1 heterocycles. The lowest BCUT2D eigenvalue weighted by molar-refractivity contribution is 0.0681. The first-order valence-electron chi connectivity index (χ1n) is 8.48. The molecule has 20 heavy (non-hydrogen) atoms. The lowest BCUT2D eigenvalue weighted by Gasteiger charge is -2.41. The van der Waals surface area contributed by atoms with Crippen LogP contribution in [0.15, 0.2) is 0 Å². The van der Waals surface area contributed by atoms with E-state index in [1.165, 1.54) is 39.0 Å². The average Bonchev–Trinajstić information content (AvgIpc) is 2.92. The van der Waals surface area contributed by atoms with E-state index in [2.05, 4.69) is 35.9 Å². The maximum Gasteiger partial charge on any atom is 0.0613 e. The zero-order valence-corrected chi connectivity index (χ0v) is 13.6. The molecule has 2 N–H and O–H groups in total. The van der Waals surface area contributed by atoms with Gasteiger partial charge >= 0.3 is 0 Å². The molecule has 0 radical (unpaired) electrons. The highest BCUT2D eigenvalue weighted by Gasteiger charge is 2.40. The summed E-state index contributed by atoms with van der Waals surface area (Å²) >= 11 is 0. The van der Waals surface area contributed by atoms with Gasteiger partial charge in [-0.1, -0.05) is 13.8 Å². The van der Waals surface area contributed by atoms with Crippen LogP contribution < -0.4 is 5.32 Å². The molecule has 2 rings (SSSR count). The Labute approximate surface area is 124 Å². The minimum atomic E-state index is -0.00669. The standard InChI is InChI=1S/C16H33N3O/c1-4-14(3)18-8-10-19(11-9-18)15-6-7-16(12-15,13-20)17-5-2/h14-15,17,20H,4-13H2,1-3H3. The Kier molecular flexibility index (Phi) is 5.84. The van der Waals surface area contributed by atoms with Gasteiger partial charge < -0.3 is 10.4 Å². The van der Waals surface area contributed by atoms with Crippen molar-refractivity contribution < 1.29 is 5.11 Å². The molecular formula is C16H33N3O. The third kappa shape index (κ3) is 3.53. The van der Waals surface area contributed by atoms with Crippen molar-refractivity contribution in [3.05, 3.63) is 0 Å². The lowest BCUT2D eigenvalue weighted by Crippen LogP contribution is -2.53. The summed E-state index contributed by atoms with van der Waals surface area (Å²) in [7, 11) is 0. The molecule has 1 saturated carbocycles. The van der Waals surface area contributed by atoms with E-state index in [0.717, 1.165) is 25.4 Å². The van der Waals surface area contributed by atoms with Crippen molar-refractivity contribution in [1.82, 2.24) is 15.1 Å². The highest BCUT2D eigenvalue weighted by molar-refractivity contribution is 5.00. The molecule has 118 valence electrons. The number of likely N-dealkylation sites (N-methyl/N-ethyl adjacent to an activating group) is 1. The molecule has 3 unspecified atom stereocenters. The smallest absolute Gasteiger partial charge is 0.0613 e. The topological polar surface area (TPSA) is 38.7 Å². The van der Waals surface area contributed by atoms with Crippen molar-refractivity contribution in [3.8, 4) is 0 Å². The van der Waals surface area contributed by atoms with Gasteiger partial charge in [0, 0.05) is 43.8 Å². The van der Waals surface area contributed by atoms with Crippen molar-refractivity contribution in [3.63, 3.8) is 0 Å². The third-order valence-corrected chi connectivity index (χ3v) is 5.52. The first-order valence-corrected chi connectivity index (χ1v) is 8.48. The number of piperazine rings is 1. The first-order chi connectivity index (χ1) is 9.64. The average molecular weight is 283 g/mol. The number of nitrogens with zero attached hydrogens (tertiary/aromatic N) is 2. The summed E-state index contributed by atoms with van der Waals surface area (Å²) in [5, 5.41) is 13.2. The summed E-state index contributed by atoms with van der Waals surface area (Å²) < 4.78 is 0. The van der Waals surface area contributed by atoms with Crippen LogP contribution in [0.1, 0.15) is 46.5 Å². The van der Waals surface area contributed by atoms with Gasteiger partial charge in [-0.2, -0.15) is 0 Å². The second-order valence-electron chi connectivity index (χ2n) is 6.69. The molecule has 4 heteroatoms. The Morgan fingerprint density at radius 2 is 1.95 bits per heavy atom. The van der Waals surface area contributed by atoms with Crippen molar-refractivity contribution >= 4 is 0 Å². The number of nitrogens with one attached hydrogen (secondary N) is 1. The minimum absolute atomic E-state index is 0.00669. The third-order valence-electron chi connectivity index (χ3n) is 5.52. The highest BCUT2D eigenvalue weighted by Crippen LogP contribution is 2.33. The van der Waals surface area contributed by atoms with E-state index < -0.39 is 0 Å². The monoisotopic (exact) mass is 283 g/mol. The number of hydrogen-bond acceptors (Lipinski definition) is 4. The maximum absolute atomic E-state index is 9.72. The lowest BCUT2D eigenvalue weighted by atomic mass is 9.98. The van der Waals surface area contributed by atoms with Gasteiger partial charge in [-0.25, -0.2) is 0 Å². The summed E-state index contributed by atoms with van der Waals surface area (Å²) in [5.74, 6) is 0. The SMILES string of the molecule is CCNC1(CO)CCC(N2CCN(C(C)CC)CC2)C1. The van der Waals surface area contributed by atoms with Crippen molar-refractivity contribution in [2.75, 3.05) is 39.3 Å². The second kappa shape index (κ2) is 7.21. The van der Waals surface area contributed by atoms with Gasteiger partial charge in [0.25, 0.3) is 0 Å². The number of aliphatic hydroxyl groups excluding tert-OH is 1. The van der Waals surface area contributed by atoms with Gasteiger partial charge in [0.05, 0.1) is 6.61 Å². The van der Waals surface area contributed by atoms with E-state index in [0.29, 0.717) is 6.04 Å². The van der Waals surface area contributed by atoms with Crippen LogP contribution in [0.25, 0.3) is 0 Å². The summed E-state index contributed by atoms with van der Waals surface area (Å²) in [5.41, 5.74) is -0.00669. The summed E-state index contributed by atoms with van der Waals surface area (Å²) in [6.07, 6.45) is 4.71. The van der Waals surface area contributed by atoms with Crippen LogP contribution in [-0.2, 0) is 0 Å². The summed E-state index contributed by atoms with van der Waals surface area (Å²) in [6.45, 7) is 12.8. The van der Waals surface area contributed by atoms with E-state index in [1.807, 2.05) is 0 Å². The van der Waals surface area contributed by atoms with E-state index in [-0.39, 0.29) is 12.1 Å². The van der Waals surface area contributed by atoms with Crippen LogP contribution in [0.3, 0.4) is 0 Å². The molecule has 0 aromatic carbocycles. The van der Waals surface area contributed by atoms with E-state index in [1.54, 1.807) is 0 Å². The molecule has 4 nitrogen and oxygen atoms in total. The maximum atomic E-state index is 9.72. The molecule has 1 saturated heterocycles. The van der Waals surface area contributed by atoms with Gasteiger partial charge in [-0.15, -0.1) is 0 Å². The zero-order valence-electron chi connectivity index (χ0n) is 13.6. The number of hydrogen-bond donors (Lipinski definition) is 2. The van der Waals surface area contributed by atoms with Gasteiger partial charge in [-0.3, -0.25) is 9.80 Å². The van der Waals surface area contributed by atoms with E-state index >= 15 is 0 Å². The van der Waals surface area contributed by atoms with Crippen molar-refractivity contribution in [2.24, 2.45) is 0 Å². The fourth-order valence-corrected chi connectivity index (χ4v) is 3.95. The fraction of sp³-hybridized carbons (Fsp3) is 1.00. The minimum Gasteiger partial charge on any atom is -0.394 e. The zero-order chi connectivity index (χ0) is 14.6. The molecule has 0 spiro atoms. The molecule has 2 fully saturated rings. The Morgan fingerprint density at radius 1 is 1.25 bits per heavy atom. The van der Waals surface area contributed by atoms with E-state index in [4.69, 9.17) is 0 Å². The largest absolute Gasteiger partial charge is 0.394 e. The fourth-order valence-electron chi connectivity index (χ4n) is 3.95. The van der Waals surface area contributed by atoms with Crippen LogP contribution in [0.5, 0.6) is 0 Å². The molecule has 0 bridgehead atoms. The molecule has 3 atom stereocenters.